The van der Waals surface area contributed by atoms with Crippen molar-refractivity contribution in [1.29, 1.82) is 0 Å². The summed E-state index contributed by atoms with van der Waals surface area (Å²) in [4.78, 5) is 39.6. The number of imide groups is 1. The molecular weight excluding hydrogens is 470 g/mol. The van der Waals surface area contributed by atoms with E-state index in [9.17, 15) is 22.8 Å². The summed E-state index contributed by atoms with van der Waals surface area (Å²) in [5.74, 6) is -0.980. The summed E-state index contributed by atoms with van der Waals surface area (Å²) < 4.78 is 31.0. The number of anilines is 2. The second-order valence-corrected chi connectivity index (χ2v) is 9.88. The van der Waals surface area contributed by atoms with E-state index >= 15 is 0 Å². The molecule has 0 spiro atoms. The maximum Gasteiger partial charge on any atom is 0.261 e. The van der Waals surface area contributed by atoms with Crippen LogP contribution in [0.3, 0.4) is 0 Å². The molecule has 180 valence electrons. The molecule has 0 atom stereocenters. The maximum absolute atomic E-state index is 13.1. The quantitative estimate of drug-likeness (QED) is 0.487. The second-order valence-electron chi connectivity index (χ2n) is 8.13. The number of rotatable bonds is 7. The van der Waals surface area contributed by atoms with Crippen LogP contribution in [-0.2, 0) is 16.6 Å². The largest absolute Gasteiger partial charge is 0.496 e. The van der Waals surface area contributed by atoms with Gasteiger partial charge >= 0.3 is 0 Å². The van der Waals surface area contributed by atoms with Crippen LogP contribution >= 0.6 is 0 Å². The molecule has 3 aromatic carbocycles. The van der Waals surface area contributed by atoms with Gasteiger partial charge in [-0.3, -0.25) is 24.0 Å². The molecule has 0 unspecified atom stereocenters. The minimum Gasteiger partial charge on any atom is -0.496 e. The van der Waals surface area contributed by atoms with Crippen LogP contribution in [0, 0.1) is 6.92 Å². The van der Waals surface area contributed by atoms with E-state index in [1.54, 1.807) is 61.5 Å². The topological polar surface area (TPSA) is 122 Å². The highest BCUT2D eigenvalue weighted by Crippen LogP contribution is 2.28. The van der Waals surface area contributed by atoms with Crippen molar-refractivity contribution in [2.45, 2.75) is 13.5 Å². The number of hydrogen-bond acceptors (Lipinski definition) is 6. The Kier molecular flexibility index (Phi) is 6.31. The van der Waals surface area contributed by atoms with Gasteiger partial charge in [0.1, 0.15) is 5.75 Å². The van der Waals surface area contributed by atoms with Gasteiger partial charge in [0.15, 0.2) is 0 Å². The predicted molar refractivity (Wildman–Crippen MR) is 131 cm³/mol. The molecule has 0 radical (unpaired) electrons. The Morgan fingerprint density at radius 2 is 1.63 bits per heavy atom. The highest BCUT2D eigenvalue weighted by molar-refractivity contribution is 7.92. The number of carbonyl (C=O) groups excluding carboxylic acids is 3. The molecule has 0 fully saturated rings. The lowest BCUT2D eigenvalue weighted by Crippen LogP contribution is -2.29. The fraction of sp³-hybridized carbons (Fsp3) is 0.160. The van der Waals surface area contributed by atoms with Crippen molar-refractivity contribution in [2.75, 3.05) is 23.4 Å². The van der Waals surface area contributed by atoms with Crippen molar-refractivity contribution in [3.05, 3.63) is 88.5 Å². The van der Waals surface area contributed by atoms with Crippen LogP contribution in [0.25, 0.3) is 0 Å². The SMILES string of the molecule is COc1ccc(CN2C(=O)c3ccccc3C2=O)cc1C(=O)Nc1ccc(C)c(NS(C)(=O)=O)c1. The molecule has 0 aliphatic carbocycles. The highest BCUT2D eigenvalue weighted by atomic mass is 32.2. The summed E-state index contributed by atoms with van der Waals surface area (Å²) in [6.45, 7) is 1.73. The highest BCUT2D eigenvalue weighted by Gasteiger charge is 2.35. The monoisotopic (exact) mass is 493 g/mol. The van der Waals surface area contributed by atoms with E-state index in [0.29, 0.717) is 39.4 Å². The first-order valence-electron chi connectivity index (χ1n) is 10.6. The number of nitrogens with zero attached hydrogens (tertiary/aromatic N) is 1. The maximum atomic E-state index is 13.1. The van der Waals surface area contributed by atoms with Crippen LogP contribution < -0.4 is 14.8 Å². The van der Waals surface area contributed by atoms with E-state index in [2.05, 4.69) is 10.0 Å². The van der Waals surface area contributed by atoms with Crippen LogP contribution in [0.2, 0.25) is 0 Å². The first kappa shape index (κ1) is 24.0. The van der Waals surface area contributed by atoms with Crippen molar-refractivity contribution in [3.8, 4) is 5.75 Å². The van der Waals surface area contributed by atoms with Crippen molar-refractivity contribution in [1.82, 2.24) is 4.90 Å². The third-order valence-corrected chi connectivity index (χ3v) is 6.11. The van der Waals surface area contributed by atoms with Gasteiger partial charge in [-0.2, -0.15) is 0 Å². The number of sulfonamides is 1. The summed E-state index contributed by atoms with van der Waals surface area (Å²) in [7, 11) is -2.07. The van der Waals surface area contributed by atoms with Gasteiger partial charge in [0.05, 0.1) is 42.3 Å². The van der Waals surface area contributed by atoms with Crippen LogP contribution in [-0.4, -0.2) is 44.4 Å². The molecular formula is C25H23N3O6S. The van der Waals surface area contributed by atoms with Gasteiger partial charge in [-0.1, -0.05) is 24.3 Å². The van der Waals surface area contributed by atoms with Crippen molar-refractivity contribution < 1.29 is 27.5 Å². The lowest BCUT2D eigenvalue weighted by molar-refractivity contribution is 0.0642. The zero-order valence-corrected chi connectivity index (χ0v) is 20.1. The fourth-order valence-electron chi connectivity index (χ4n) is 3.80. The number of benzene rings is 3. The van der Waals surface area contributed by atoms with Gasteiger partial charge in [-0.15, -0.1) is 0 Å². The van der Waals surface area contributed by atoms with Gasteiger partial charge in [-0.05, 0) is 54.4 Å². The Balaban J connectivity index is 1.58. The van der Waals surface area contributed by atoms with E-state index in [0.717, 1.165) is 11.2 Å². The molecule has 0 aromatic heterocycles. The fourth-order valence-corrected chi connectivity index (χ4v) is 4.42. The second kappa shape index (κ2) is 9.22. The summed E-state index contributed by atoms with van der Waals surface area (Å²) in [6.07, 6.45) is 1.04. The first-order chi connectivity index (χ1) is 16.6. The van der Waals surface area contributed by atoms with Gasteiger partial charge in [0.2, 0.25) is 10.0 Å². The van der Waals surface area contributed by atoms with Crippen molar-refractivity contribution in [2.24, 2.45) is 0 Å². The van der Waals surface area contributed by atoms with Gasteiger partial charge in [0, 0.05) is 5.69 Å². The van der Waals surface area contributed by atoms with E-state index in [-0.39, 0.29) is 12.1 Å². The Labute approximate surface area is 202 Å². The van der Waals surface area contributed by atoms with Crippen molar-refractivity contribution in [3.63, 3.8) is 0 Å². The van der Waals surface area contributed by atoms with Crippen LogP contribution in [0.4, 0.5) is 11.4 Å². The Morgan fingerprint density at radius 1 is 0.971 bits per heavy atom. The molecule has 3 amide bonds. The molecule has 0 bridgehead atoms. The number of fused-ring (bicyclic) bond motifs is 1. The average molecular weight is 494 g/mol. The van der Waals surface area contributed by atoms with Gasteiger partial charge in [-0.25, -0.2) is 8.42 Å². The third-order valence-electron chi connectivity index (χ3n) is 5.52. The number of methoxy groups -OCH3 is 1. The van der Waals surface area contributed by atoms with E-state index < -0.39 is 27.7 Å². The van der Waals surface area contributed by atoms with Crippen LogP contribution in [0.1, 0.15) is 42.2 Å². The average Bonchev–Trinajstić information content (AvgIpc) is 3.05. The number of nitrogens with one attached hydrogen (secondary N) is 2. The lowest BCUT2D eigenvalue weighted by atomic mass is 10.1. The molecule has 35 heavy (non-hydrogen) atoms. The van der Waals surface area contributed by atoms with E-state index in [1.165, 1.54) is 13.2 Å². The molecule has 4 rings (SSSR count). The summed E-state index contributed by atoms with van der Waals surface area (Å²) in [5.41, 5.74) is 2.86. The Hall–Kier alpha value is -4.18. The van der Waals surface area contributed by atoms with Crippen molar-refractivity contribution >= 4 is 39.1 Å². The number of ether oxygens (including phenoxy) is 1. The zero-order chi connectivity index (χ0) is 25.3. The molecule has 3 aromatic rings. The number of carbonyl (C=O) groups is 3. The smallest absolute Gasteiger partial charge is 0.261 e. The Morgan fingerprint density at radius 3 is 2.23 bits per heavy atom. The first-order valence-corrected chi connectivity index (χ1v) is 12.5. The van der Waals surface area contributed by atoms with Crippen LogP contribution in [0.5, 0.6) is 5.75 Å². The standard InChI is InChI=1S/C25H23N3O6S/c1-15-8-10-17(13-21(15)27-35(3,32)33)26-23(29)20-12-16(9-11-22(20)34-2)14-28-24(30)18-6-4-5-7-19(18)25(28)31/h4-13,27H,14H2,1-3H3,(H,26,29). The van der Waals surface area contributed by atoms with E-state index in [4.69, 9.17) is 4.74 Å². The van der Waals surface area contributed by atoms with Gasteiger partial charge < -0.3 is 10.1 Å². The Bertz CT molecular complexity index is 1430. The van der Waals surface area contributed by atoms with Crippen LogP contribution in [0.15, 0.2) is 60.7 Å². The minimum atomic E-state index is -3.50. The molecule has 1 aliphatic rings. The molecule has 1 heterocycles. The van der Waals surface area contributed by atoms with Gasteiger partial charge in [0.25, 0.3) is 17.7 Å². The number of amides is 3. The molecule has 2 N–H and O–H groups in total. The summed E-state index contributed by atoms with van der Waals surface area (Å²) in [6, 6.07) is 16.3. The third kappa shape index (κ3) is 5.02. The minimum absolute atomic E-state index is 0.0103. The molecule has 0 saturated carbocycles. The lowest BCUT2D eigenvalue weighted by Gasteiger charge is -2.16. The molecule has 0 saturated heterocycles. The normalized spacial score (nSPS) is 12.9. The number of aryl methyl sites for hydroxylation is 1. The number of hydrogen-bond donors (Lipinski definition) is 2. The summed E-state index contributed by atoms with van der Waals surface area (Å²) >= 11 is 0. The molecule has 10 heteroatoms. The molecule has 1 aliphatic heterocycles. The predicted octanol–water partition coefficient (Wildman–Crippen LogP) is 3.42. The van der Waals surface area contributed by atoms with E-state index in [1.807, 2.05) is 0 Å². The summed E-state index contributed by atoms with van der Waals surface area (Å²) in [5, 5.41) is 2.74. The zero-order valence-electron chi connectivity index (χ0n) is 19.3. The molecule has 9 nitrogen and oxygen atoms in total.